The van der Waals surface area contributed by atoms with Crippen LogP contribution in [0.4, 0.5) is 0 Å². The fraction of sp³-hybridized carbons (Fsp3) is 0.400. The summed E-state index contributed by atoms with van der Waals surface area (Å²) < 4.78 is 6.36. The predicted molar refractivity (Wildman–Crippen MR) is 108 cm³/mol. The second-order valence-electron chi connectivity index (χ2n) is 7.24. The zero-order valence-corrected chi connectivity index (χ0v) is 16.5. The largest absolute Gasteiger partial charge is 0.419 e. The van der Waals surface area contributed by atoms with Gasteiger partial charge >= 0.3 is 0 Å². The Bertz CT molecular complexity index is 1090. The highest BCUT2D eigenvalue weighted by atomic mass is 32.1. The van der Waals surface area contributed by atoms with Crippen LogP contribution in [0.25, 0.3) is 20.4 Å². The lowest BCUT2D eigenvalue weighted by Crippen LogP contribution is -2.01. The fourth-order valence-electron chi connectivity index (χ4n) is 4.37. The topological polar surface area (TPSA) is 60.8 Å². The maximum absolute atomic E-state index is 6.36. The van der Waals surface area contributed by atoms with E-state index in [1.54, 1.807) is 35.3 Å². The second kappa shape index (κ2) is 6.21. The van der Waals surface area contributed by atoms with Gasteiger partial charge in [0.05, 0.1) is 10.8 Å². The molecule has 0 atom stereocenters. The van der Waals surface area contributed by atoms with Gasteiger partial charge in [0.25, 0.3) is 0 Å². The highest BCUT2D eigenvalue weighted by Gasteiger charge is 2.24. The number of thiophene rings is 2. The number of hydrogen-bond acceptors (Lipinski definition) is 7. The van der Waals surface area contributed by atoms with Crippen LogP contribution in [0.2, 0.25) is 0 Å². The minimum absolute atomic E-state index is 0.648. The van der Waals surface area contributed by atoms with E-state index in [1.165, 1.54) is 46.6 Å². The molecule has 27 heavy (non-hydrogen) atoms. The molecule has 0 N–H and O–H groups in total. The van der Waals surface area contributed by atoms with E-state index in [1.807, 2.05) is 0 Å². The van der Waals surface area contributed by atoms with Crippen molar-refractivity contribution in [2.75, 3.05) is 0 Å². The van der Waals surface area contributed by atoms with Crippen LogP contribution in [-0.2, 0) is 25.7 Å². The number of nitrogens with zero attached hydrogens (tertiary/aromatic N) is 4. The third-order valence-corrected chi connectivity index (χ3v) is 8.03. The molecular formula is C20H18N4OS2. The lowest BCUT2D eigenvalue weighted by molar-refractivity contribution is 0.454. The molecule has 4 heterocycles. The Balaban J connectivity index is 1.52. The summed E-state index contributed by atoms with van der Waals surface area (Å²) in [5.41, 5.74) is 2.77. The van der Waals surface area contributed by atoms with Crippen molar-refractivity contribution in [2.45, 2.75) is 51.4 Å². The summed E-state index contributed by atoms with van der Waals surface area (Å²) in [6.07, 6.45) is 12.7. The molecule has 0 saturated carbocycles. The summed E-state index contributed by atoms with van der Waals surface area (Å²) in [4.78, 5) is 23.0. The third kappa shape index (κ3) is 2.48. The molecule has 4 aromatic rings. The van der Waals surface area contributed by atoms with Crippen molar-refractivity contribution >= 4 is 43.1 Å². The van der Waals surface area contributed by atoms with E-state index in [0.29, 0.717) is 11.8 Å². The van der Waals surface area contributed by atoms with Crippen molar-refractivity contribution in [1.29, 1.82) is 0 Å². The van der Waals surface area contributed by atoms with Crippen molar-refractivity contribution in [3.8, 4) is 11.8 Å². The second-order valence-corrected chi connectivity index (χ2v) is 9.41. The molecular weight excluding hydrogens is 376 g/mol. The Labute approximate surface area is 164 Å². The molecule has 5 nitrogen and oxygen atoms in total. The fourth-order valence-corrected chi connectivity index (χ4v) is 6.81. The minimum atomic E-state index is 0.648. The van der Waals surface area contributed by atoms with Crippen LogP contribution < -0.4 is 4.74 Å². The van der Waals surface area contributed by atoms with Crippen molar-refractivity contribution < 1.29 is 4.74 Å². The number of fused-ring (bicyclic) bond motifs is 6. The van der Waals surface area contributed by atoms with Gasteiger partial charge in [-0.3, -0.25) is 0 Å². The summed E-state index contributed by atoms with van der Waals surface area (Å²) in [7, 11) is 0. The van der Waals surface area contributed by atoms with Crippen LogP contribution in [0.15, 0.2) is 12.7 Å². The van der Waals surface area contributed by atoms with Gasteiger partial charge in [-0.1, -0.05) is 0 Å². The average molecular weight is 395 g/mol. The Morgan fingerprint density at radius 1 is 0.630 bits per heavy atom. The maximum Gasteiger partial charge on any atom is 0.233 e. The number of aryl methyl sites for hydroxylation is 4. The van der Waals surface area contributed by atoms with Gasteiger partial charge < -0.3 is 4.74 Å². The highest BCUT2D eigenvalue weighted by molar-refractivity contribution is 7.19. The van der Waals surface area contributed by atoms with E-state index in [0.717, 1.165) is 46.1 Å². The molecule has 136 valence electrons. The van der Waals surface area contributed by atoms with Crippen LogP contribution in [0.1, 0.15) is 46.6 Å². The first kappa shape index (κ1) is 15.9. The van der Waals surface area contributed by atoms with E-state index in [-0.39, 0.29) is 0 Å². The lowest BCUT2D eigenvalue weighted by Gasteiger charge is -2.13. The van der Waals surface area contributed by atoms with Crippen LogP contribution in [0.3, 0.4) is 0 Å². The monoisotopic (exact) mass is 394 g/mol. The van der Waals surface area contributed by atoms with E-state index in [2.05, 4.69) is 19.9 Å². The van der Waals surface area contributed by atoms with Gasteiger partial charge in [0.2, 0.25) is 11.8 Å². The van der Waals surface area contributed by atoms with E-state index in [9.17, 15) is 0 Å². The first-order chi connectivity index (χ1) is 13.4. The summed E-state index contributed by atoms with van der Waals surface area (Å²) >= 11 is 3.58. The molecule has 6 rings (SSSR count). The van der Waals surface area contributed by atoms with Crippen molar-refractivity contribution in [3.63, 3.8) is 0 Å². The summed E-state index contributed by atoms with van der Waals surface area (Å²) in [5, 5.41) is 2.18. The Hall–Kier alpha value is -2.12. The normalized spacial score (nSPS) is 16.4. The average Bonchev–Trinajstić information content (AvgIpc) is 3.27. The van der Waals surface area contributed by atoms with Crippen molar-refractivity contribution in [3.05, 3.63) is 33.5 Å². The van der Waals surface area contributed by atoms with Crippen molar-refractivity contribution in [2.24, 2.45) is 0 Å². The SMILES string of the molecule is c1nc(Oc2ncnc3sc4c(c23)CCCC4)c2c3c(sc2n1)CCCC3. The maximum atomic E-state index is 6.36. The quantitative estimate of drug-likeness (QED) is 0.465. The molecule has 7 heteroatoms. The van der Waals surface area contributed by atoms with Gasteiger partial charge in [-0.25, -0.2) is 19.9 Å². The standard InChI is InChI=1S/C20H18N4OS2/c1-3-7-13-11(5-1)15-17(21-9-23-19(15)26-13)25-18-16-12-6-2-4-8-14(12)27-20(16)24-10-22-18/h9-10H,1-8H2. The number of rotatable bonds is 2. The summed E-state index contributed by atoms with van der Waals surface area (Å²) in [6, 6.07) is 0. The molecule has 0 unspecified atom stereocenters. The first-order valence-electron chi connectivity index (χ1n) is 9.57. The van der Waals surface area contributed by atoms with Crippen LogP contribution in [0.5, 0.6) is 11.8 Å². The lowest BCUT2D eigenvalue weighted by atomic mass is 9.97. The number of ether oxygens (including phenoxy) is 1. The Morgan fingerprint density at radius 2 is 1.11 bits per heavy atom. The molecule has 0 spiro atoms. The van der Waals surface area contributed by atoms with Crippen LogP contribution in [-0.4, -0.2) is 19.9 Å². The summed E-state index contributed by atoms with van der Waals surface area (Å²) in [6.45, 7) is 0. The smallest absolute Gasteiger partial charge is 0.233 e. The molecule has 0 saturated heterocycles. The molecule has 0 aliphatic heterocycles. The van der Waals surface area contributed by atoms with Gasteiger partial charge in [-0.05, 0) is 62.5 Å². The van der Waals surface area contributed by atoms with E-state index < -0.39 is 0 Å². The van der Waals surface area contributed by atoms with Gasteiger partial charge in [-0.15, -0.1) is 22.7 Å². The molecule has 0 fully saturated rings. The molecule has 2 aliphatic rings. The van der Waals surface area contributed by atoms with Crippen LogP contribution >= 0.6 is 22.7 Å². The van der Waals surface area contributed by atoms with Gasteiger partial charge in [0, 0.05) is 9.75 Å². The molecule has 4 aromatic heterocycles. The number of hydrogen-bond donors (Lipinski definition) is 0. The molecule has 0 bridgehead atoms. The highest BCUT2D eigenvalue weighted by Crippen LogP contribution is 2.43. The van der Waals surface area contributed by atoms with Gasteiger partial charge in [0.1, 0.15) is 22.3 Å². The predicted octanol–water partition coefficient (Wildman–Crippen LogP) is 5.25. The van der Waals surface area contributed by atoms with Gasteiger partial charge in [-0.2, -0.15) is 0 Å². The zero-order chi connectivity index (χ0) is 17.8. The van der Waals surface area contributed by atoms with Crippen molar-refractivity contribution in [1.82, 2.24) is 19.9 Å². The number of aromatic nitrogens is 4. The molecule has 2 aliphatic carbocycles. The third-order valence-electron chi connectivity index (χ3n) is 5.63. The summed E-state index contributed by atoms with van der Waals surface area (Å²) in [5.74, 6) is 1.30. The van der Waals surface area contributed by atoms with E-state index >= 15 is 0 Å². The Morgan fingerprint density at radius 3 is 1.63 bits per heavy atom. The molecule has 0 amide bonds. The zero-order valence-electron chi connectivity index (χ0n) is 14.8. The Kier molecular flexibility index (Phi) is 3.65. The molecule has 0 radical (unpaired) electrons. The molecule has 0 aromatic carbocycles. The van der Waals surface area contributed by atoms with Crippen LogP contribution in [0, 0.1) is 0 Å². The minimum Gasteiger partial charge on any atom is -0.419 e. The van der Waals surface area contributed by atoms with E-state index in [4.69, 9.17) is 4.74 Å². The van der Waals surface area contributed by atoms with Gasteiger partial charge in [0.15, 0.2) is 0 Å². The first-order valence-corrected chi connectivity index (χ1v) is 11.2.